The smallest absolute Gasteiger partial charge is 0.333 e. The van der Waals surface area contributed by atoms with Gasteiger partial charge in [-0.1, -0.05) is 13.8 Å². The van der Waals surface area contributed by atoms with Crippen molar-refractivity contribution in [1.29, 1.82) is 0 Å². The predicted molar refractivity (Wildman–Crippen MR) is 117 cm³/mol. The molecule has 1 aliphatic carbocycles. The van der Waals surface area contributed by atoms with Crippen molar-refractivity contribution in [2.75, 3.05) is 19.8 Å². The molecule has 0 aromatic rings. The summed E-state index contributed by atoms with van der Waals surface area (Å²) in [5.74, 6) is -2.98. The molecule has 0 radical (unpaired) electrons. The second-order valence-electron chi connectivity index (χ2n) is 8.49. The first-order valence-electron chi connectivity index (χ1n) is 11.5. The largest absolute Gasteiger partial charge is 0.463 e. The maximum Gasteiger partial charge on any atom is 0.333 e. The first-order valence-corrected chi connectivity index (χ1v) is 11.5. The van der Waals surface area contributed by atoms with Crippen LogP contribution in [-0.2, 0) is 23.8 Å². The molecule has 7 atom stereocenters. The average Bonchev–Trinajstić information content (AvgIpc) is 3.00. The molecule has 11 nitrogen and oxygen atoms in total. The highest BCUT2D eigenvalue weighted by Gasteiger charge is 2.53. The maximum absolute atomic E-state index is 12.5. The standard InChI is InChI=1S/C22H38N2O9/c1-5-14(6-2)32-16-9-13(21(29)31-7-3)8-15(18(16)24-12(4)26)23-11-22(30)20(28)19(27)17(10-25)33-22/h9,14-20,23,25,27-28,30H,5-8,10-11H2,1-4H3,(H,24,26)/t15-,16+,17+,18+,19+,20-,22?/m0/s1. The summed E-state index contributed by atoms with van der Waals surface area (Å²) in [7, 11) is 0. The van der Waals surface area contributed by atoms with Crippen molar-refractivity contribution in [3.63, 3.8) is 0 Å². The average molecular weight is 475 g/mol. The van der Waals surface area contributed by atoms with Crippen LogP contribution in [0, 0.1) is 0 Å². The molecule has 1 aliphatic heterocycles. The molecule has 33 heavy (non-hydrogen) atoms. The minimum atomic E-state index is -2.18. The van der Waals surface area contributed by atoms with Gasteiger partial charge in [-0.3, -0.25) is 4.79 Å². The van der Waals surface area contributed by atoms with Gasteiger partial charge in [0.25, 0.3) is 0 Å². The van der Waals surface area contributed by atoms with Crippen LogP contribution in [0.25, 0.3) is 0 Å². The van der Waals surface area contributed by atoms with Crippen molar-refractivity contribution in [3.8, 4) is 0 Å². The van der Waals surface area contributed by atoms with E-state index in [0.29, 0.717) is 5.57 Å². The number of hydrogen-bond donors (Lipinski definition) is 6. The Morgan fingerprint density at radius 3 is 2.45 bits per heavy atom. The summed E-state index contributed by atoms with van der Waals surface area (Å²) in [5, 5.41) is 46.2. The first-order chi connectivity index (χ1) is 15.6. The van der Waals surface area contributed by atoms with Gasteiger partial charge < -0.3 is 45.3 Å². The molecule has 1 amide bonds. The topological polar surface area (TPSA) is 167 Å². The zero-order valence-corrected chi connectivity index (χ0v) is 19.7. The van der Waals surface area contributed by atoms with Crippen LogP contribution in [0.15, 0.2) is 11.6 Å². The third-order valence-corrected chi connectivity index (χ3v) is 6.08. The third-order valence-electron chi connectivity index (χ3n) is 6.08. The summed E-state index contributed by atoms with van der Waals surface area (Å²) in [6, 6.07) is -1.19. The van der Waals surface area contributed by atoms with Crippen molar-refractivity contribution < 1.29 is 44.2 Å². The van der Waals surface area contributed by atoms with Gasteiger partial charge in [0, 0.05) is 18.5 Å². The summed E-state index contributed by atoms with van der Waals surface area (Å²) in [5.41, 5.74) is 0.361. The maximum atomic E-state index is 12.5. The van der Waals surface area contributed by atoms with Gasteiger partial charge in [0.2, 0.25) is 11.7 Å². The third kappa shape index (κ3) is 6.72. The lowest BCUT2D eigenvalue weighted by Gasteiger charge is -2.40. The number of hydrogen-bond acceptors (Lipinski definition) is 10. The van der Waals surface area contributed by atoms with Gasteiger partial charge in [-0.05, 0) is 32.3 Å². The second-order valence-corrected chi connectivity index (χ2v) is 8.49. The number of carbonyl (C=O) groups excluding carboxylic acids is 2. The van der Waals surface area contributed by atoms with Gasteiger partial charge >= 0.3 is 5.97 Å². The molecule has 0 saturated carbocycles. The number of ether oxygens (including phenoxy) is 3. The molecule has 2 aliphatic rings. The molecule has 0 aromatic heterocycles. The van der Waals surface area contributed by atoms with E-state index < -0.39 is 54.9 Å². The lowest BCUT2D eigenvalue weighted by Crippen LogP contribution is -2.61. The van der Waals surface area contributed by atoms with E-state index in [1.165, 1.54) is 6.92 Å². The SMILES string of the molecule is CCOC(=O)C1=C[C@@H](OC(CC)CC)[C@H](NC(C)=O)[C@@H](NCC2(O)O[C@H](CO)[C@@H](O)[C@@H]2O)C1. The molecule has 6 N–H and O–H groups in total. The van der Waals surface area contributed by atoms with E-state index in [-0.39, 0.29) is 31.6 Å². The van der Waals surface area contributed by atoms with Crippen LogP contribution < -0.4 is 10.6 Å². The molecule has 1 fully saturated rings. The number of esters is 1. The number of aliphatic hydroxyl groups is 4. The van der Waals surface area contributed by atoms with Crippen molar-refractivity contribution in [2.24, 2.45) is 0 Å². The van der Waals surface area contributed by atoms with Crippen LogP contribution in [0.4, 0.5) is 0 Å². The zero-order chi connectivity index (χ0) is 24.8. The van der Waals surface area contributed by atoms with E-state index in [4.69, 9.17) is 14.2 Å². The fraction of sp³-hybridized carbons (Fsp3) is 0.818. The zero-order valence-electron chi connectivity index (χ0n) is 19.7. The van der Waals surface area contributed by atoms with E-state index in [0.717, 1.165) is 12.8 Å². The highest BCUT2D eigenvalue weighted by atomic mass is 16.7. The Labute approximate surface area is 194 Å². The first kappa shape index (κ1) is 27.6. The van der Waals surface area contributed by atoms with Crippen LogP contribution in [0.5, 0.6) is 0 Å². The van der Waals surface area contributed by atoms with E-state index in [9.17, 15) is 30.0 Å². The minimum Gasteiger partial charge on any atom is -0.463 e. The molecule has 190 valence electrons. The lowest BCUT2D eigenvalue weighted by atomic mass is 9.87. The van der Waals surface area contributed by atoms with E-state index in [1.807, 2.05) is 13.8 Å². The number of amides is 1. The highest BCUT2D eigenvalue weighted by Crippen LogP contribution is 2.30. The number of carbonyl (C=O) groups is 2. The van der Waals surface area contributed by atoms with Gasteiger partial charge in [-0.2, -0.15) is 0 Å². The Morgan fingerprint density at radius 2 is 1.94 bits per heavy atom. The molecule has 0 spiro atoms. The minimum absolute atomic E-state index is 0.102. The monoisotopic (exact) mass is 474 g/mol. The van der Waals surface area contributed by atoms with Gasteiger partial charge in [-0.25, -0.2) is 4.79 Å². The van der Waals surface area contributed by atoms with Gasteiger partial charge in [0.15, 0.2) is 0 Å². The molecule has 0 aromatic carbocycles. The normalized spacial score (nSPS) is 34.3. The Bertz CT molecular complexity index is 699. The summed E-state index contributed by atoms with van der Waals surface area (Å²) < 4.78 is 16.7. The van der Waals surface area contributed by atoms with Crippen molar-refractivity contribution >= 4 is 11.9 Å². The molecule has 1 saturated heterocycles. The number of nitrogens with one attached hydrogen (secondary N) is 2. The van der Waals surface area contributed by atoms with Crippen LogP contribution >= 0.6 is 0 Å². The highest BCUT2D eigenvalue weighted by molar-refractivity contribution is 5.89. The van der Waals surface area contributed by atoms with E-state index in [1.54, 1.807) is 13.0 Å². The van der Waals surface area contributed by atoms with E-state index >= 15 is 0 Å². The number of aliphatic hydroxyl groups excluding tert-OH is 3. The fourth-order valence-corrected chi connectivity index (χ4v) is 4.22. The van der Waals surface area contributed by atoms with Gasteiger partial charge in [-0.15, -0.1) is 0 Å². The quantitative estimate of drug-likeness (QED) is 0.198. The Kier molecular flexibility index (Phi) is 10.2. The van der Waals surface area contributed by atoms with E-state index in [2.05, 4.69) is 10.6 Å². The van der Waals surface area contributed by atoms with Crippen LogP contribution in [0.3, 0.4) is 0 Å². The van der Waals surface area contributed by atoms with Crippen molar-refractivity contribution in [2.45, 2.75) is 95.3 Å². The van der Waals surface area contributed by atoms with Crippen LogP contribution in [0.2, 0.25) is 0 Å². The van der Waals surface area contributed by atoms with Crippen LogP contribution in [0.1, 0.15) is 47.0 Å². The van der Waals surface area contributed by atoms with Gasteiger partial charge in [0.1, 0.15) is 18.3 Å². The lowest BCUT2D eigenvalue weighted by molar-refractivity contribution is -0.227. The molecule has 2 rings (SSSR count). The van der Waals surface area contributed by atoms with Crippen molar-refractivity contribution in [3.05, 3.63) is 11.6 Å². The molecule has 1 heterocycles. The van der Waals surface area contributed by atoms with Crippen molar-refractivity contribution in [1.82, 2.24) is 10.6 Å². The van der Waals surface area contributed by atoms with Crippen LogP contribution in [-0.4, -0.2) is 100 Å². The molecule has 0 bridgehead atoms. The Balaban J connectivity index is 2.29. The number of rotatable bonds is 11. The predicted octanol–water partition coefficient (Wildman–Crippen LogP) is -1.28. The summed E-state index contributed by atoms with van der Waals surface area (Å²) in [6.07, 6.45) is -1.74. The summed E-state index contributed by atoms with van der Waals surface area (Å²) >= 11 is 0. The summed E-state index contributed by atoms with van der Waals surface area (Å²) in [4.78, 5) is 24.5. The Morgan fingerprint density at radius 1 is 1.27 bits per heavy atom. The molecular formula is C22H38N2O9. The second kappa shape index (κ2) is 12.2. The molecule has 1 unspecified atom stereocenters. The van der Waals surface area contributed by atoms with Gasteiger partial charge in [0.05, 0.1) is 38.0 Å². The summed E-state index contributed by atoms with van der Waals surface area (Å²) in [6.45, 7) is 6.31. The Hall–Kier alpha value is -1.60. The molecule has 11 heteroatoms. The fourth-order valence-electron chi connectivity index (χ4n) is 4.22. The molecular weight excluding hydrogens is 436 g/mol.